The molecule has 2 heterocycles. The van der Waals surface area contributed by atoms with Crippen molar-refractivity contribution < 1.29 is 14.3 Å². The lowest BCUT2D eigenvalue weighted by atomic mass is 10.1. The molecule has 144 valence electrons. The summed E-state index contributed by atoms with van der Waals surface area (Å²) in [6.07, 6.45) is 0. The highest BCUT2D eigenvalue weighted by Gasteiger charge is 2.24. The summed E-state index contributed by atoms with van der Waals surface area (Å²) in [5.74, 6) is 0.769. The molecule has 6 nitrogen and oxygen atoms in total. The van der Waals surface area contributed by atoms with Crippen LogP contribution < -0.4 is 4.74 Å². The van der Waals surface area contributed by atoms with Gasteiger partial charge in [-0.05, 0) is 11.5 Å². The second-order valence-electron chi connectivity index (χ2n) is 6.69. The van der Waals surface area contributed by atoms with Crippen LogP contribution in [0.25, 0.3) is 10.8 Å². The molecule has 1 aromatic heterocycles. The molecule has 0 atom stereocenters. The zero-order chi connectivity index (χ0) is 19.5. The number of ether oxygens (including phenoxy) is 1. The van der Waals surface area contributed by atoms with Gasteiger partial charge in [0.2, 0.25) is 5.91 Å². The third-order valence-corrected chi connectivity index (χ3v) is 5.71. The number of carbonyl (C=O) groups excluding carboxylic acids is 2. The van der Waals surface area contributed by atoms with Crippen LogP contribution in [0.4, 0.5) is 0 Å². The number of benzene rings is 2. The van der Waals surface area contributed by atoms with Crippen LogP contribution in [0.1, 0.15) is 22.4 Å². The summed E-state index contributed by atoms with van der Waals surface area (Å²) in [5.41, 5.74) is 0.442. The van der Waals surface area contributed by atoms with E-state index in [4.69, 9.17) is 4.74 Å². The van der Waals surface area contributed by atoms with Crippen LogP contribution >= 0.6 is 11.3 Å². The van der Waals surface area contributed by atoms with Crippen molar-refractivity contribution >= 4 is 33.9 Å². The zero-order valence-corrected chi connectivity index (χ0v) is 16.4. The molecule has 0 unspecified atom stereocenters. The van der Waals surface area contributed by atoms with Crippen molar-refractivity contribution in [1.29, 1.82) is 0 Å². The van der Waals surface area contributed by atoms with Crippen LogP contribution in [0.3, 0.4) is 0 Å². The first-order valence-electron chi connectivity index (χ1n) is 9.21. The van der Waals surface area contributed by atoms with Gasteiger partial charge in [0.15, 0.2) is 0 Å². The van der Waals surface area contributed by atoms with Crippen LogP contribution in [0, 0.1) is 0 Å². The molecule has 0 saturated carbocycles. The molecule has 7 heteroatoms. The van der Waals surface area contributed by atoms with Gasteiger partial charge in [-0.1, -0.05) is 36.4 Å². The summed E-state index contributed by atoms with van der Waals surface area (Å²) >= 11 is 1.42. The number of hydrogen-bond acceptors (Lipinski definition) is 5. The Labute approximate surface area is 167 Å². The molecule has 1 aliphatic heterocycles. The van der Waals surface area contributed by atoms with Gasteiger partial charge in [0.1, 0.15) is 23.1 Å². The van der Waals surface area contributed by atoms with E-state index in [1.54, 1.807) is 22.1 Å². The number of nitrogens with zero attached hydrogens (tertiary/aromatic N) is 3. The number of amides is 2. The van der Waals surface area contributed by atoms with Gasteiger partial charge in [0.05, 0.1) is 0 Å². The molecular weight excluding hydrogens is 374 g/mol. The highest BCUT2D eigenvalue weighted by Crippen LogP contribution is 2.26. The van der Waals surface area contributed by atoms with E-state index in [9.17, 15) is 9.59 Å². The number of carbonyl (C=O) groups is 2. The summed E-state index contributed by atoms with van der Waals surface area (Å²) < 4.78 is 5.96. The Morgan fingerprint density at radius 3 is 2.54 bits per heavy atom. The molecule has 0 spiro atoms. The summed E-state index contributed by atoms with van der Waals surface area (Å²) in [4.78, 5) is 32.1. The lowest BCUT2D eigenvalue weighted by Gasteiger charge is -2.33. The summed E-state index contributed by atoms with van der Waals surface area (Å²) in [6.45, 7) is 4.10. The Kier molecular flexibility index (Phi) is 5.25. The van der Waals surface area contributed by atoms with Crippen molar-refractivity contribution in [2.45, 2.75) is 13.5 Å². The highest BCUT2D eigenvalue weighted by molar-refractivity contribution is 7.09. The largest absolute Gasteiger partial charge is 0.486 e. The maximum atomic E-state index is 12.7. The Morgan fingerprint density at radius 2 is 1.75 bits per heavy atom. The molecule has 4 rings (SSSR count). The maximum Gasteiger partial charge on any atom is 0.273 e. The number of thiazole rings is 1. The van der Waals surface area contributed by atoms with E-state index in [2.05, 4.69) is 4.98 Å². The molecule has 2 amide bonds. The van der Waals surface area contributed by atoms with Crippen molar-refractivity contribution in [2.24, 2.45) is 0 Å². The molecule has 2 aromatic carbocycles. The Morgan fingerprint density at radius 1 is 1.04 bits per heavy atom. The van der Waals surface area contributed by atoms with Crippen molar-refractivity contribution in [3.8, 4) is 5.75 Å². The third-order valence-electron chi connectivity index (χ3n) is 4.88. The molecule has 0 radical (unpaired) electrons. The first kappa shape index (κ1) is 18.4. The van der Waals surface area contributed by atoms with E-state index < -0.39 is 0 Å². The average Bonchev–Trinajstić information content (AvgIpc) is 3.21. The van der Waals surface area contributed by atoms with E-state index in [0.717, 1.165) is 21.5 Å². The van der Waals surface area contributed by atoms with Crippen LogP contribution in [-0.2, 0) is 11.4 Å². The number of hydrogen-bond donors (Lipinski definition) is 0. The molecule has 1 saturated heterocycles. The summed E-state index contributed by atoms with van der Waals surface area (Å²) in [6, 6.07) is 14.0. The molecule has 0 N–H and O–H groups in total. The second kappa shape index (κ2) is 7.98. The first-order chi connectivity index (χ1) is 13.6. The third kappa shape index (κ3) is 3.84. The molecule has 28 heavy (non-hydrogen) atoms. The van der Waals surface area contributed by atoms with E-state index in [1.807, 2.05) is 42.5 Å². The second-order valence-corrected chi connectivity index (χ2v) is 7.63. The van der Waals surface area contributed by atoms with E-state index in [1.165, 1.54) is 11.3 Å². The Balaban J connectivity index is 1.39. The van der Waals surface area contributed by atoms with E-state index in [-0.39, 0.29) is 11.8 Å². The predicted octanol–water partition coefficient (Wildman–Crippen LogP) is 3.18. The number of piperazine rings is 1. The van der Waals surface area contributed by atoms with Gasteiger partial charge in [-0.3, -0.25) is 9.59 Å². The monoisotopic (exact) mass is 395 g/mol. The van der Waals surface area contributed by atoms with Gasteiger partial charge >= 0.3 is 0 Å². The lowest BCUT2D eigenvalue weighted by molar-refractivity contribution is -0.130. The van der Waals surface area contributed by atoms with Crippen molar-refractivity contribution in [1.82, 2.24) is 14.8 Å². The van der Waals surface area contributed by atoms with Crippen molar-refractivity contribution in [3.63, 3.8) is 0 Å². The minimum absolute atomic E-state index is 0.0497. The van der Waals surface area contributed by atoms with E-state index >= 15 is 0 Å². The van der Waals surface area contributed by atoms with Crippen LogP contribution in [0.15, 0.2) is 47.8 Å². The standard InChI is InChI=1S/C21H21N3O3S/c1-15(25)23-9-11-24(12-10-23)21(26)18-14-28-20(22-18)13-27-19-8-4-6-16-5-2-3-7-17(16)19/h2-8,14H,9-13H2,1H3. The van der Waals surface area contributed by atoms with E-state index in [0.29, 0.717) is 38.5 Å². The highest BCUT2D eigenvalue weighted by atomic mass is 32.1. The molecule has 0 bridgehead atoms. The van der Waals surface area contributed by atoms with Gasteiger partial charge < -0.3 is 14.5 Å². The minimum Gasteiger partial charge on any atom is -0.486 e. The van der Waals surface area contributed by atoms with Gasteiger partial charge in [-0.25, -0.2) is 4.98 Å². The average molecular weight is 395 g/mol. The SMILES string of the molecule is CC(=O)N1CCN(C(=O)c2csc(COc3cccc4ccccc34)n2)CC1. The number of rotatable bonds is 4. The smallest absolute Gasteiger partial charge is 0.273 e. The normalized spacial score (nSPS) is 14.3. The summed E-state index contributed by atoms with van der Waals surface area (Å²) in [7, 11) is 0. The molecule has 0 aliphatic carbocycles. The van der Waals surface area contributed by atoms with Gasteiger partial charge in [0.25, 0.3) is 5.91 Å². The Hall–Kier alpha value is -2.93. The molecule has 1 fully saturated rings. The molecule has 3 aromatic rings. The maximum absolute atomic E-state index is 12.7. The fraction of sp³-hybridized carbons (Fsp3) is 0.286. The molecule has 1 aliphatic rings. The number of fused-ring (bicyclic) bond motifs is 1. The molecular formula is C21H21N3O3S. The first-order valence-corrected chi connectivity index (χ1v) is 10.1. The van der Waals surface area contributed by atoms with Crippen LogP contribution in [-0.4, -0.2) is 52.8 Å². The Bertz CT molecular complexity index is 1000. The quantitative estimate of drug-likeness (QED) is 0.681. The van der Waals surface area contributed by atoms with Gasteiger partial charge in [0, 0.05) is 43.9 Å². The topological polar surface area (TPSA) is 62.7 Å². The van der Waals surface area contributed by atoms with Crippen molar-refractivity contribution in [3.05, 3.63) is 58.5 Å². The van der Waals surface area contributed by atoms with Crippen LogP contribution in [0.2, 0.25) is 0 Å². The zero-order valence-electron chi connectivity index (χ0n) is 15.6. The minimum atomic E-state index is -0.0872. The van der Waals surface area contributed by atoms with Gasteiger partial charge in [-0.15, -0.1) is 11.3 Å². The van der Waals surface area contributed by atoms with Crippen molar-refractivity contribution in [2.75, 3.05) is 26.2 Å². The van der Waals surface area contributed by atoms with Gasteiger partial charge in [-0.2, -0.15) is 0 Å². The predicted molar refractivity (Wildman–Crippen MR) is 109 cm³/mol. The fourth-order valence-electron chi connectivity index (χ4n) is 3.32. The summed E-state index contributed by atoms with van der Waals surface area (Å²) in [5, 5.41) is 4.72. The van der Waals surface area contributed by atoms with Crippen LogP contribution in [0.5, 0.6) is 5.75 Å². The number of aromatic nitrogens is 1. The lowest BCUT2D eigenvalue weighted by Crippen LogP contribution is -2.50. The fourth-order valence-corrected chi connectivity index (χ4v) is 4.00.